The molecule has 5 rings (SSSR count). The van der Waals surface area contributed by atoms with Gasteiger partial charge < -0.3 is 19.8 Å². The van der Waals surface area contributed by atoms with Gasteiger partial charge >= 0.3 is 0 Å². The summed E-state index contributed by atoms with van der Waals surface area (Å²) in [5.74, 6) is 0.579. The Morgan fingerprint density at radius 2 is 2.08 bits per heavy atom. The average Bonchev–Trinajstić information content (AvgIpc) is 3.37. The monoisotopic (exact) mass is 540 g/mol. The quantitative estimate of drug-likeness (QED) is 0.529. The van der Waals surface area contributed by atoms with E-state index in [2.05, 4.69) is 51.3 Å². The van der Waals surface area contributed by atoms with Crippen molar-refractivity contribution in [3.63, 3.8) is 0 Å². The Labute approximate surface area is 226 Å². The predicted octanol–water partition coefficient (Wildman–Crippen LogP) is 2.72. The third-order valence-electron chi connectivity index (χ3n) is 7.07. The van der Waals surface area contributed by atoms with Crippen LogP contribution in [0.5, 0.6) is 0 Å². The molecule has 0 radical (unpaired) electrons. The van der Waals surface area contributed by atoms with Gasteiger partial charge in [0, 0.05) is 42.5 Å². The number of amides is 1. The topological polar surface area (TPSA) is 114 Å². The van der Waals surface area contributed by atoms with Gasteiger partial charge in [-0.1, -0.05) is 35.9 Å². The maximum Gasteiger partial charge on any atom is 0.275 e. The summed E-state index contributed by atoms with van der Waals surface area (Å²) in [5.41, 5.74) is 1.27. The van der Waals surface area contributed by atoms with Crippen LogP contribution in [0.2, 0.25) is 0 Å². The highest BCUT2D eigenvalue weighted by Crippen LogP contribution is 2.26. The van der Waals surface area contributed by atoms with Gasteiger partial charge in [0.05, 0.1) is 36.5 Å². The summed E-state index contributed by atoms with van der Waals surface area (Å²) in [6.07, 6.45) is 11.5. The van der Waals surface area contributed by atoms with Crippen LogP contribution in [0, 0.1) is 0 Å². The minimum Gasteiger partial charge on any atom is -0.379 e. The molecule has 1 amide bonds. The molecule has 1 fully saturated rings. The molecule has 1 atom stereocenters. The van der Waals surface area contributed by atoms with Gasteiger partial charge in [0.1, 0.15) is 0 Å². The molecule has 0 saturated carbocycles. The number of aromatic nitrogens is 4. The van der Waals surface area contributed by atoms with E-state index in [1.807, 2.05) is 12.2 Å². The summed E-state index contributed by atoms with van der Waals surface area (Å²) in [4.78, 5) is 35.9. The molecule has 2 N–H and O–H groups in total. The first-order chi connectivity index (χ1) is 18.3. The Bertz CT molecular complexity index is 1380. The van der Waals surface area contributed by atoms with Gasteiger partial charge in [-0.3, -0.25) is 14.5 Å². The van der Waals surface area contributed by atoms with Crippen LogP contribution in [-0.4, -0.2) is 74.9 Å². The van der Waals surface area contributed by atoms with E-state index in [1.165, 1.54) is 10.6 Å². The van der Waals surface area contributed by atoms with Gasteiger partial charge in [-0.15, -0.1) is 5.10 Å². The Balaban J connectivity index is 1.26. The highest BCUT2D eigenvalue weighted by molar-refractivity contribution is 6.33. The maximum atomic E-state index is 13.2. The number of nitrogens with one attached hydrogen (secondary N) is 2. The number of ether oxygens (including phenoxy) is 2. The average molecular weight is 541 g/mol. The Morgan fingerprint density at radius 1 is 1.26 bits per heavy atom. The van der Waals surface area contributed by atoms with Gasteiger partial charge in [0.25, 0.3) is 11.5 Å². The Kier molecular flexibility index (Phi) is 7.94. The molecule has 2 aromatic heterocycles. The van der Waals surface area contributed by atoms with E-state index in [4.69, 9.17) is 21.1 Å². The molecular formula is C27H33ClN6O4. The number of allylic oxidation sites excluding steroid dienone is 6. The molecule has 1 aliphatic heterocycles. The second-order valence-electron chi connectivity index (χ2n) is 10.2. The van der Waals surface area contributed by atoms with Crippen molar-refractivity contribution in [3.8, 4) is 0 Å². The summed E-state index contributed by atoms with van der Waals surface area (Å²) in [6.45, 7) is 7.77. The van der Waals surface area contributed by atoms with Gasteiger partial charge in [-0.25, -0.2) is 0 Å². The normalized spacial score (nSPS) is 20.7. The first-order valence-electron chi connectivity index (χ1n) is 13.0. The van der Waals surface area contributed by atoms with Crippen LogP contribution in [0.4, 0.5) is 0 Å². The number of carbonyl (C=O) groups is 1. The van der Waals surface area contributed by atoms with Crippen molar-refractivity contribution in [3.05, 3.63) is 68.9 Å². The maximum absolute atomic E-state index is 13.2. The molecular weight excluding hydrogens is 508 g/mol. The number of morpholine rings is 1. The summed E-state index contributed by atoms with van der Waals surface area (Å²) in [7, 11) is 0. The van der Waals surface area contributed by atoms with Gasteiger partial charge in [0.2, 0.25) is 5.78 Å². The molecule has 2 aliphatic carbocycles. The second kappa shape index (κ2) is 11.4. The number of nitrogens with zero attached hydrogens (tertiary/aromatic N) is 4. The van der Waals surface area contributed by atoms with E-state index >= 15 is 0 Å². The van der Waals surface area contributed by atoms with Gasteiger partial charge in [0.15, 0.2) is 5.82 Å². The van der Waals surface area contributed by atoms with E-state index in [9.17, 15) is 9.59 Å². The Morgan fingerprint density at radius 3 is 2.84 bits per heavy atom. The van der Waals surface area contributed by atoms with Crippen molar-refractivity contribution in [2.45, 2.75) is 51.4 Å². The third-order valence-corrected chi connectivity index (χ3v) is 7.40. The number of carbonyl (C=O) groups excluding carboxylic acids is 1. The van der Waals surface area contributed by atoms with Crippen molar-refractivity contribution in [1.29, 1.82) is 0 Å². The molecule has 202 valence electrons. The van der Waals surface area contributed by atoms with E-state index < -0.39 is 6.10 Å². The number of hydrogen-bond acceptors (Lipinski definition) is 7. The molecule has 0 spiro atoms. The number of fused-ring (bicyclic) bond motifs is 1. The molecule has 38 heavy (non-hydrogen) atoms. The summed E-state index contributed by atoms with van der Waals surface area (Å²) in [5, 5.41) is 7.75. The fourth-order valence-electron chi connectivity index (χ4n) is 4.84. The van der Waals surface area contributed by atoms with E-state index in [0.717, 1.165) is 31.5 Å². The molecule has 1 saturated heterocycles. The van der Waals surface area contributed by atoms with Crippen molar-refractivity contribution in [2.24, 2.45) is 0 Å². The van der Waals surface area contributed by atoms with Crippen LogP contribution in [0.15, 0.2) is 51.8 Å². The molecule has 3 aliphatic rings. The van der Waals surface area contributed by atoms with Crippen LogP contribution < -0.4 is 10.9 Å². The van der Waals surface area contributed by atoms with E-state index in [0.29, 0.717) is 54.1 Å². The summed E-state index contributed by atoms with van der Waals surface area (Å²) < 4.78 is 12.8. The van der Waals surface area contributed by atoms with Crippen LogP contribution in [0.25, 0.3) is 11.4 Å². The van der Waals surface area contributed by atoms with E-state index in [-0.39, 0.29) is 23.6 Å². The largest absolute Gasteiger partial charge is 0.379 e. The number of halogens is 1. The summed E-state index contributed by atoms with van der Waals surface area (Å²) in [6, 6.07) is 1.44. The lowest BCUT2D eigenvalue weighted by atomic mass is 9.98. The second-order valence-corrected chi connectivity index (χ2v) is 10.6. The van der Waals surface area contributed by atoms with Crippen molar-refractivity contribution in [1.82, 2.24) is 29.8 Å². The molecule has 2 aromatic rings. The van der Waals surface area contributed by atoms with Crippen LogP contribution in [0.1, 0.15) is 44.6 Å². The fraction of sp³-hybridized carbons (Fsp3) is 0.481. The highest BCUT2D eigenvalue weighted by atomic mass is 35.5. The van der Waals surface area contributed by atoms with Crippen LogP contribution >= 0.6 is 11.6 Å². The number of rotatable bonds is 8. The SMILES string of the molecule is CC(C)(CNC(=O)C1=C(Cl)C=CCC1OCc1cc(=O)n2nc(C3=CCCC=C3)nc2[nH]1)N1CCOCC1. The minimum absolute atomic E-state index is 0.0786. The summed E-state index contributed by atoms with van der Waals surface area (Å²) >= 11 is 6.47. The van der Waals surface area contributed by atoms with Crippen LogP contribution in [0.3, 0.4) is 0 Å². The molecule has 0 aromatic carbocycles. The first-order valence-corrected chi connectivity index (χ1v) is 13.3. The first kappa shape index (κ1) is 26.6. The van der Waals surface area contributed by atoms with E-state index in [1.54, 1.807) is 6.08 Å². The lowest BCUT2D eigenvalue weighted by Crippen LogP contribution is -2.55. The standard InChI is InChI=1S/C27H33ClN6O4/c1-27(2,33-11-13-37-14-12-33)17-29-25(36)23-20(28)9-6-10-21(23)38-16-19-15-22(35)34-26(30-19)31-24(32-34)18-7-4-3-5-8-18/h4,6-9,15,21H,3,5,10-14,16-17H2,1-2H3,(H,29,36)(H,30,31,32). The fourth-order valence-corrected chi connectivity index (χ4v) is 5.14. The zero-order valence-corrected chi connectivity index (χ0v) is 22.5. The number of aromatic amines is 1. The van der Waals surface area contributed by atoms with Gasteiger partial charge in [-0.2, -0.15) is 9.50 Å². The minimum atomic E-state index is -0.551. The molecule has 3 heterocycles. The zero-order valence-electron chi connectivity index (χ0n) is 21.7. The van der Waals surface area contributed by atoms with Crippen molar-refractivity contribution < 1.29 is 14.3 Å². The molecule has 11 heteroatoms. The lowest BCUT2D eigenvalue weighted by Gasteiger charge is -2.41. The molecule has 10 nitrogen and oxygen atoms in total. The highest BCUT2D eigenvalue weighted by Gasteiger charge is 2.31. The zero-order chi connectivity index (χ0) is 26.7. The predicted molar refractivity (Wildman–Crippen MR) is 145 cm³/mol. The number of hydrogen-bond donors (Lipinski definition) is 2. The van der Waals surface area contributed by atoms with Crippen molar-refractivity contribution >= 4 is 28.9 Å². The third kappa shape index (κ3) is 5.83. The lowest BCUT2D eigenvalue weighted by molar-refractivity contribution is -0.119. The van der Waals surface area contributed by atoms with Crippen LogP contribution in [-0.2, 0) is 20.9 Å². The van der Waals surface area contributed by atoms with Crippen molar-refractivity contribution in [2.75, 3.05) is 32.8 Å². The molecule has 1 unspecified atom stereocenters. The van der Waals surface area contributed by atoms with Gasteiger partial charge in [-0.05, 0) is 39.2 Å². The Hall–Kier alpha value is -3.05. The molecule has 0 bridgehead atoms. The smallest absolute Gasteiger partial charge is 0.275 e. The number of H-pyrrole nitrogens is 1.